The van der Waals surface area contributed by atoms with Gasteiger partial charge in [0.05, 0.1) is 19.3 Å². The SMILES string of the molecule is CCC(C)NC(=O)CN1CCOC(CN)C1. The highest BCUT2D eigenvalue weighted by Gasteiger charge is 2.21. The van der Waals surface area contributed by atoms with Crippen LogP contribution in [0.4, 0.5) is 0 Å². The van der Waals surface area contributed by atoms with Gasteiger partial charge in [0.25, 0.3) is 0 Å². The molecule has 0 aliphatic carbocycles. The second kappa shape index (κ2) is 6.83. The van der Waals surface area contributed by atoms with Crippen LogP contribution in [-0.4, -0.2) is 55.7 Å². The Kier molecular flexibility index (Phi) is 5.73. The predicted molar refractivity (Wildman–Crippen MR) is 63.1 cm³/mol. The van der Waals surface area contributed by atoms with Crippen LogP contribution in [0.5, 0.6) is 0 Å². The molecule has 1 amide bonds. The van der Waals surface area contributed by atoms with Gasteiger partial charge in [-0.3, -0.25) is 9.69 Å². The van der Waals surface area contributed by atoms with Crippen molar-refractivity contribution in [1.29, 1.82) is 0 Å². The normalized spacial score (nSPS) is 24.1. The molecule has 1 heterocycles. The van der Waals surface area contributed by atoms with E-state index in [4.69, 9.17) is 10.5 Å². The average Bonchev–Trinajstić information content (AvgIpc) is 2.28. The highest BCUT2D eigenvalue weighted by atomic mass is 16.5. The lowest BCUT2D eigenvalue weighted by Crippen LogP contribution is -2.49. The lowest BCUT2D eigenvalue weighted by Gasteiger charge is -2.31. The number of carbonyl (C=O) groups is 1. The topological polar surface area (TPSA) is 67.6 Å². The fraction of sp³-hybridized carbons (Fsp3) is 0.909. The molecule has 1 fully saturated rings. The van der Waals surface area contributed by atoms with Gasteiger partial charge in [0.15, 0.2) is 0 Å². The Morgan fingerprint density at radius 1 is 1.69 bits per heavy atom. The van der Waals surface area contributed by atoms with Crippen LogP contribution in [0.25, 0.3) is 0 Å². The Bertz CT molecular complexity index is 223. The van der Waals surface area contributed by atoms with Crippen molar-refractivity contribution in [1.82, 2.24) is 10.2 Å². The Hall–Kier alpha value is -0.650. The molecule has 2 atom stereocenters. The van der Waals surface area contributed by atoms with Gasteiger partial charge < -0.3 is 15.8 Å². The van der Waals surface area contributed by atoms with E-state index in [-0.39, 0.29) is 18.1 Å². The van der Waals surface area contributed by atoms with Gasteiger partial charge in [-0.15, -0.1) is 0 Å². The van der Waals surface area contributed by atoms with Crippen molar-refractivity contribution >= 4 is 5.91 Å². The third-order valence-corrected chi connectivity index (χ3v) is 2.87. The lowest BCUT2D eigenvalue weighted by atomic mass is 10.2. The van der Waals surface area contributed by atoms with Crippen LogP contribution >= 0.6 is 0 Å². The maximum Gasteiger partial charge on any atom is 0.234 e. The zero-order valence-corrected chi connectivity index (χ0v) is 10.2. The molecule has 0 bridgehead atoms. The van der Waals surface area contributed by atoms with Crippen molar-refractivity contribution in [3.8, 4) is 0 Å². The number of nitrogens with two attached hydrogens (primary N) is 1. The van der Waals surface area contributed by atoms with Crippen LogP contribution in [0, 0.1) is 0 Å². The van der Waals surface area contributed by atoms with Crippen LogP contribution in [0.15, 0.2) is 0 Å². The summed E-state index contributed by atoms with van der Waals surface area (Å²) >= 11 is 0. The largest absolute Gasteiger partial charge is 0.374 e. The quantitative estimate of drug-likeness (QED) is 0.671. The summed E-state index contributed by atoms with van der Waals surface area (Å²) < 4.78 is 5.44. The summed E-state index contributed by atoms with van der Waals surface area (Å²) in [5.74, 6) is 0.0898. The molecule has 3 N–H and O–H groups in total. The molecule has 5 nitrogen and oxygen atoms in total. The van der Waals surface area contributed by atoms with E-state index in [9.17, 15) is 4.79 Å². The summed E-state index contributed by atoms with van der Waals surface area (Å²) in [6, 6.07) is 0.249. The number of nitrogens with one attached hydrogen (secondary N) is 1. The summed E-state index contributed by atoms with van der Waals surface area (Å²) in [5, 5.41) is 2.96. The summed E-state index contributed by atoms with van der Waals surface area (Å²) in [6.07, 6.45) is 1.03. The van der Waals surface area contributed by atoms with E-state index in [1.165, 1.54) is 0 Å². The fourth-order valence-electron chi connectivity index (χ4n) is 1.69. The molecule has 1 saturated heterocycles. The van der Waals surface area contributed by atoms with Crippen LogP contribution in [0.3, 0.4) is 0 Å². The Morgan fingerprint density at radius 2 is 2.44 bits per heavy atom. The first-order chi connectivity index (χ1) is 7.65. The van der Waals surface area contributed by atoms with E-state index in [1.54, 1.807) is 0 Å². The van der Waals surface area contributed by atoms with E-state index in [1.807, 2.05) is 6.92 Å². The number of morpholine rings is 1. The number of rotatable bonds is 5. The second-order valence-electron chi connectivity index (χ2n) is 4.34. The molecule has 2 unspecified atom stereocenters. The summed E-state index contributed by atoms with van der Waals surface area (Å²) in [5.41, 5.74) is 5.55. The molecule has 16 heavy (non-hydrogen) atoms. The van der Waals surface area contributed by atoms with Crippen molar-refractivity contribution in [2.75, 3.05) is 32.8 Å². The summed E-state index contributed by atoms with van der Waals surface area (Å²) in [6.45, 7) is 7.27. The Labute approximate surface area is 97.3 Å². The highest BCUT2D eigenvalue weighted by Crippen LogP contribution is 2.03. The molecule has 5 heteroatoms. The number of hydrogen-bond acceptors (Lipinski definition) is 4. The van der Waals surface area contributed by atoms with Gasteiger partial charge in [0.2, 0.25) is 5.91 Å². The molecule has 0 aromatic carbocycles. The van der Waals surface area contributed by atoms with Crippen LogP contribution < -0.4 is 11.1 Å². The zero-order valence-electron chi connectivity index (χ0n) is 10.2. The monoisotopic (exact) mass is 229 g/mol. The molecule has 0 radical (unpaired) electrons. The molecule has 94 valence electrons. The van der Waals surface area contributed by atoms with Gasteiger partial charge in [-0.2, -0.15) is 0 Å². The number of nitrogens with zero attached hydrogens (tertiary/aromatic N) is 1. The minimum Gasteiger partial charge on any atom is -0.374 e. The fourth-order valence-corrected chi connectivity index (χ4v) is 1.69. The number of hydrogen-bond donors (Lipinski definition) is 2. The Morgan fingerprint density at radius 3 is 3.06 bits per heavy atom. The maximum absolute atomic E-state index is 11.7. The second-order valence-corrected chi connectivity index (χ2v) is 4.34. The molecule has 1 aliphatic heterocycles. The van der Waals surface area contributed by atoms with Gasteiger partial charge in [-0.05, 0) is 13.3 Å². The first kappa shape index (κ1) is 13.4. The minimum absolute atomic E-state index is 0.0742. The molecule has 0 saturated carbocycles. The van der Waals surface area contributed by atoms with Gasteiger partial charge in [0.1, 0.15) is 0 Å². The first-order valence-electron chi connectivity index (χ1n) is 5.99. The van der Waals surface area contributed by atoms with Crippen LogP contribution in [-0.2, 0) is 9.53 Å². The van der Waals surface area contributed by atoms with Gasteiger partial charge in [-0.25, -0.2) is 0 Å². The van der Waals surface area contributed by atoms with E-state index < -0.39 is 0 Å². The van der Waals surface area contributed by atoms with Crippen molar-refractivity contribution in [3.05, 3.63) is 0 Å². The first-order valence-corrected chi connectivity index (χ1v) is 5.99. The molecule has 0 spiro atoms. The molecule has 0 aromatic rings. The van der Waals surface area contributed by atoms with E-state index in [0.717, 1.165) is 19.5 Å². The number of amides is 1. The summed E-state index contributed by atoms with van der Waals surface area (Å²) in [4.78, 5) is 13.7. The predicted octanol–water partition coefficient (Wildman–Crippen LogP) is -0.439. The maximum atomic E-state index is 11.7. The van der Waals surface area contributed by atoms with E-state index in [0.29, 0.717) is 19.7 Å². The molecular formula is C11H23N3O2. The van der Waals surface area contributed by atoms with Crippen molar-refractivity contribution in [2.24, 2.45) is 5.73 Å². The van der Waals surface area contributed by atoms with Crippen LogP contribution in [0.1, 0.15) is 20.3 Å². The molecular weight excluding hydrogens is 206 g/mol. The van der Waals surface area contributed by atoms with Gasteiger partial charge >= 0.3 is 0 Å². The van der Waals surface area contributed by atoms with E-state index in [2.05, 4.69) is 17.1 Å². The molecule has 1 rings (SSSR count). The van der Waals surface area contributed by atoms with E-state index >= 15 is 0 Å². The van der Waals surface area contributed by atoms with Crippen molar-refractivity contribution < 1.29 is 9.53 Å². The van der Waals surface area contributed by atoms with Gasteiger partial charge in [0, 0.05) is 25.7 Å². The molecule has 1 aliphatic rings. The standard InChI is InChI=1S/C11H23N3O2/c1-3-9(2)13-11(15)8-14-4-5-16-10(6-12)7-14/h9-10H,3-8,12H2,1-2H3,(H,13,15). The number of ether oxygens (including phenoxy) is 1. The van der Waals surface area contributed by atoms with Gasteiger partial charge in [-0.1, -0.05) is 6.92 Å². The zero-order chi connectivity index (χ0) is 12.0. The minimum atomic E-state index is 0.0742. The average molecular weight is 229 g/mol. The summed E-state index contributed by atoms with van der Waals surface area (Å²) in [7, 11) is 0. The Balaban J connectivity index is 2.27. The third kappa shape index (κ3) is 4.47. The number of carbonyl (C=O) groups excluding carboxylic acids is 1. The van der Waals surface area contributed by atoms with Crippen LogP contribution in [0.2, 0.25) is 0 Å². The lowest BCUT2D eigenvalue weighted by molar-refractivity contribution is -0.124. The van der Waals surface area contributed by atoms with Crippen molar-refractivity contribution in [2.45, 2.75) is 32.4 Å². The third-order valence-electron chi connectivity index (χ3n) is 2.87. The smallest absolute Gasteiger partial charge is 0.234 e. The van der Waals surface area contributed by atoms with Crippen molar-refractivity contribution in [3.63, 3.8) is 0 Å². The molecule has 0 aromatic heterocycles. The highest BCUT2D eigenvalue weighted by molar-refractivity contribution is 5.78.